The molecule has 5 heterocycles. The third-order valence-electron chi connectivity index (χ3n) is 9.17. The number of ether oxygens (including phenoxy) is 1. The van der Waals surface area contributed by atoms with Gasteiger partial charge in [-0.25, -0.2) is 9.37 Å². The summed E-state index contributed by atoms with van der Waals surface area (Å²) in [7, 11) is 1.42. The van der Waals surface area contributed by atoms with Crippen LogP contribution in [-0.4, -0.2) is 85.8 Å². The molecule has 0 radical (unpaired) electrons. The van der Waals surface area contributed by atoms with Crippen molar-refractivity contribution in [2.24, 2.45) is 5.41 Å². The Hall–Kier alpha value is -4.42. The Morgan fingerprint density at radius 1 is 1.18 bits per heavy atom. The second kappa shape index (κ2) is 12.2. The number of hydrogen-bond acceptors (Lipinski definition) is 9. The first-order valence-electron chi connectivity index (χ1n) is 15.2. The predicted octanol–water partition coefficient (Wildman–Crippen LogP) is 4.08. The molecule has 6 rings (SSSR count). The number of methoxy groups -OCH3 is 1. The maximum atomic E-state index is 14.3. The van der Waals surface area contributed by atoms with Gasteiger partial charge in [-0.1, -0.05) is 13.0 Å². The number of fused-ring (bicyclic) bond motifs is 3. The van der Waals surface area contributed by atoms with E-state index in [1.807, 2.05) is 19.1 Å². The van der Waals surface area contributed by atoms with Gasteiger partial charge in [0.25, 0.3) is 0 Å². The van der Waals surface area contributed by atoms with E-state index in [-0.39, 0.29) is 29.4 Å². The molecule has 0 aliphatic carbocycles. The monoisotopic (exact) mass is 616 g/mol. The molecule has 0 bridgehead atoms. The van der Waals surface area contributed by atoms with Crippen LogP contribution in [0.5, 0.6) is 5.75 Å². The van der Waals surface area contributed by atoms with Gasteiger partial charge in [-0.15, -0.1) is 0 Å². The number of aliphatic hydroxyl groups is 2. The van der Waals surface area contributed by atoms with E-state index in [9.17, 15) is 24.2 Å². The number of halogens is 1. The molecule has 2 atom stereocenters. The van der Waals surface area contributed by atoms with Gasteiger partial charge in [-0.2, -0.15) is 9.61 Å². The third-order valence-corrected chi connectivity index (χ3v) is 9.17. The van der Waals surface area contributed by atoms with E-state index in [1.54, 1.807) is 40.9 Å². The highest BCUT2D eigenvalue weighted by atomic mass is 19.1. The van der Waals surface area contributed by atoms with Gasteiger partial charge >= 0.3 is 0 Å². The maximum Gasteiger partial charge on any atom is 0.233 e. The molecule has 4 aromatic rings. The number of nitrogens with zero attached hydrogens (tertiary/aromatic N) is 5. The van der Waals surface area contributed by atoms with E-state index < -0.39 is 24.4 Å². The Labute approximate surface area is 260 Å². The van der Waals surface area contributed by atoms with Crippen molar-refractivity contribution in [3.05, 3.63) is 59.8 Å². The fourth-order valence-electron chi connectivity index (χ4n) is 6.40. The van der Waals surface area contributed by atoms with E-state index in [4.69, 9.17) is 9.72 Å². The lowest BCUT2D eigenvalue weighted by atomic mass is 9.81. The molecule has 11 nitrogen and oxygen atoms in total. The molecule has 45 heavy (non-hydrogen) atoms. The second-order valence-electron chi connectivity index (χ2n) is 12.1. The standard InChI is InChI=1S/C33H37FN6O5/c1-4-22-13-20(10-12-39(22)32(44)33(2,17-41)18-42)29-28-26(43)9-11-35-31(28)40-30(38-29)23(16-37-40)21-5-7-25(36-15-21)19-6-8-27(45-3)24(34)14-19/h5-8,14-16,20,22,35,41-42H,4,9-13,17-18H2,1-3H3. The van der Waals surface area contributed by atoms with E-state index >= 15 is 0 Å². The van der Waals surface area contributed by atoms with Gasteiger partial charge in [0.15, 0.2) is 23.0 Å². The highest BCUT2D eigenvalue weighted by Gasteiger charge is 2.42. The van der Waals surface area contributed by atoms with Crippen LogP contribution in [0.3, 0.4) is 0 Å². The number of amides is 1. The van der Waals surface area contributed by atoms with E-state index in [1.165, 1.54) is 13.2 Å². The summed E-state index contributed by atoms with van der Waals surface area (Å²) in [5.41, 5.74) is 3.26. The van der Waals surface area contributed by atoms with Crippen molar-refractivity contribution >= 4 is 23.2 Å². The summed E-state index contributed by atoms with van der Waals surface area (Å²) in [6.07, 6.45) is 5.60. The number of rotatable bonds is 8. The quantitative estimate of drug-likeness (QED) is 0.267. The molecule has 236 valence electrons. The molecular formula is C33H37FN6O5. The van der Waals surface area contributed by atoms with Crippen LogP contribution >= 0.6 is 0 Å². The van der Waals surface area contributed by atoms with Crippen molar-refractivity contribution < 1.29 is 28.9 Å². The average molecular weight is 617 g/mol. The number of aliphatic hydroxyl groups excluding tert-OH is 2. The smallest absolute Gasteiger partial charge is 0.233 e. The minimum absolute atomic E-state index is 0.00244. The van der Waals surface area contributed by atoms with Crippen LogP contribution in [0, 0.1) is 11.2 Å². The molecule has 2 aliphatic rings. The third kappa shape index (κ3) is 5.31. The Kier molecular flexibility index (Phi) is 8.27. The first-order valence-corrected chi connectivity index (χ1v) is 15.2. The summed E-state index contributed by atoms with van der Waals surface area (Å²) in [5.74, 6) is -0.0615. The number of ketones is 1. The zero-order chi connectivity index (χ0) is 31.9. The van der Waals surface area contributed by atoms with Crippen LogP contribution in [0.4, 0.5) is 10.2 Å². The minimum atomic E-state index is -1.26. The van der Waals surface area contributed by atoms with E-state index in [0.29, 0.717) is 72.8 Å². The number of piperidine rings is 1. The number of nitrogens with one attached hydrogen (secondary N) is 1. The number of hydrogen-bond donors (Lipinski definition) is 3. The largest absolute Gasteiger partial charge is 0.494 e. The number of pyridine rings is 1. The fraction of sp³-hybridized carbons (Fsp3) is 0.424. The fourth-order valence-corrected chi connectivity index (χ4v) is 6.40. The van der Waals surface area contributed by atoms with Crippen molar-refractivity contribution in [1.82, 2.24) is 24.5 Å². The van der Waals surface area contributed by atoms with Gasteiger partial charge in [0, 0.05) is 54.4 Å². The lowest BCUT2D eigenvalue weighted by molar-refractivity contribution is -0.150. The van der Waals surface area contributed by atoms with E-state index in [0.717, 1.165) is 11.1 Å². The Morgan fingerprint density at radius 2 is 1.96 bits per heavy atom. The molecule has 1 saturated heterocycles. The summed E-state index contributed by atoms with van der Waals surface area (Å²) in [6, 6.07) is 8.26. The van der Waals surface area contributed by atoms with Crippen molar-refractivity contribution in [2.75, 3.05) is 38.7 Å². The molecule has 1 aromatic carbocycles. The number of carbonyl (C=O) groups is 2. The van der Waals surface area contributed by atoms with Gasteiger partial charge in [0.05, 0.1) is 48.9 Å². The van der Waals surface area contributed by atoms with Crippen LogP contribution in [-0.2, 0) is 4.79 Å². The van der Waals surface area contributed by atoms with Gasteiger partial charge < -0.3 is 25.2 Å². The summed E-state index contributed by atoms with van der Waals surface area (Å²) >= 11 is 0. The van der Waals surface area contributed by atoms with Gasteiger partial charge in [0.1, 0.15) is 5.82 Å². The minimum Gasteiger partial charge on any atom is -0.494 e. The molecule has 3 N–H and O–H groups in total. The average Bonchev–Trinajstić information content (AvgIpc) is 3.51. The molecule has 2 unspecified atom stereocenters. The highest BCUT2D eigenvalue weighted by molar-refractivity contribution is 6.04. The first-order chi connectivity index (χ1) is 21.7. The lowest BCUT2D eigenvalue weighted by Gasteiger charge is -2.43. The number of carbonyl (C=O) groups excluding carboxylic acids is 2. The Bertz CT molecular complexity index is 1750. The molecule has 0 spiro atoms. The van der Waals surface area contributed by atoms with Crippen LogP contribution in [0.25, 0.3) is 28.0 Å². The second-order valence-corrected chi connectivity index (χ2v) is 12.1. The van der Waals surface area contributed by atoms with Crippen molar-refractivity contribution in [1.29, 1.82) is 0 Å². The zero-order valence-electron chi connectivity index (χ0n) is 25.6. The van der Waals surface area contributed by atoms with Crippen molar-refractivity contribution in [3.63, 3.8) is 0 Å². The van der Waals surface area contributed by atoms with Gasteiger partial charge in [0.2, 0.25) is 5.91 Å². The van der Waals surface area contributed by atoms with Crippen LogP contribution < -0.4 is 10.1 Å². The summed E-state index contributed by atoms with van der Waals surface area (Å²) < 4.78 is 21.0. The van der Waals surface area contributed by atoms with Crippen LogP contribution in [0.2, 0.25) is 0 Å². The highest BCUT2D eigenvalue weighted by Crippen LogP contribution is 2.40. The number of Topliss-reactive ketones (excluding diaryl/α,β-unsaturated/α-hetero) is 1. The topological polar surface area (TPSA) is 142 Å². The summed E-state index contributed by atoms with van der Waals surface area (Å²) in [6.45, 7) is 3.60. The van der Waals surface area contributed by atoms with Crippen LogP contribution in [0.15, 0.2) is 42.7 Å². The van der Waals surface area contributed by atoms with Gasteiger partial charge in [-0.3, -0.25) is 14.6 Å². The normalized spacial score (nSPS) is 18.5. The number of likely N-dealkylation sites (tertiary alicyclic amines) is 1. The molecular weight excluding hydrogens is 579 g/mol. The molecule has 12 heteroatoms. The molecule has 0 saturated carbocycles. The lowest BCUT2D eigenvalue weighted by Crippen LogP contribution is -2.53. The maximum absolute atomic E-state index is 14.3. The summed E-state index contributed by atoms with van der Waals surface area (Å²) in [5, 5.41) is 27.7. The number of anilines is 1. The molecule has 3 aromatic heterocycles. The SMILES string of the molecule is CCC1CC(c2nc3c(-c4ccc(-c5ccc(OC)c(F)c5)nc4)cnn3c3c2C(=O)CCN3)CCN1C(=O)C(C)(CO)CO. The molecule has 1 amide bonds. The Balaban J connectivity index is 1.37. The Morgan fingerprint density at radius 3 is 2.62 bits per heavy atom. The molecule has 1 fully saturated rings. The number of aromatic nitrogens is 4. The van der Waals surface area contributed by atoms with Crippen molar-refractivity contribution in [2.45, 2.75) is 51.5 Å². The van der Waals surface area contributed by atoms with Crippen LogP contribution in [0.1, 0.15) is 61.5 Å². The number of benzene rings is 1. The first kappa shape index (κ1) is 30.6. The van der Waals surface area contributed by atoms with E-state index in [2.05, 4.69) is 15.4 Å². The predicted molar refractivity (Wildman–Crippen MR) is 166 cm³/mol. The summed E-state index contributed by atoms with van der Waals surface area (Å²) in [4.78, 5) is 38.2. The van der Waals surface area contributed by atoms with Gasteiger partial charge in [-0.05, 0) is 50.5 Å². The van der Waals surface area contributed by atoms with Crippen molar-refractivity contribution in [3.8, 4) is 28.1 Å². The zero-order valence-corrected chi connectivity index (χ0v) is 25.6. The molecule has 2 aliphatic heterocycles.